The van der Waals surface area contributed by atoms with Crippen molar-refractivity contribution in [1.82, 2.24) is 0 Å². The van der Waals surface area contributed by atoms with Gasteiger partial charge in [0.25, 0.3) is 0 Å². The highest BCUT2D eigenvalue weighted by Gasteiger charge is 2.21. The highest BCUT2D eigenvalue weighted by molar-refractivity contribution is 5.50. The molecule has 0 N–H and O–H groups in total. The van der Waals surface area contributed by atoms with Crippen molar-refractivity contribution in [2.75, 3.05) is 0 Å². The van der Waals surface area contributed by atoms with Crippen LogP contribution in [0.1, 0.15) is 68.9 Å². The van der Waals surface area contributed by atoms with Gasteiger partial charge in [0.15, 0.2) is 0 Å². The molecule has 0 amide bonds. The molecule has 1 aliphatic rings. The fraction of sp³-hybridized carbons (Fsp3) is 0.611. The third kappa shape index (κ3) is 4.19. The predicted molar refractivity (Wildman–Crippen MR) is 80.4 cm³/mol. The van der Waals surface area contributed by atoms with Crippen molar-refractivity contribution in [3.63, 3.8) is 0 Å². The first kappa shape index (κ1) is 14.3. The van der Waals surface area contributed by atoms with E-state index in [2.05, 4.69) is 31.2 Å². The molecule has 1 saturated carbocycles. The first-order valence-corrected chi connectivity index (χ1v) is 7.86. The summed E-state index contributed by atoms with van der Waals surface area (Å²) in [5.74, 6) is 1.75. The number of carbonyl (C=O) groups excluding carboxylic acids is 1. The number of aldehydes is 1. The van der Waals surface area contributed by atoms with Gasteiger partial charge in [0.05, 0.1) is 0 Å². The molecule has 1 aliphatic carbocycles. The van der Waals surface area contributed by atoms with Gasteiger partial charge >= 0.3 is 0 Å². The third-order valence-corrected chi connectivity index (χ3v) is 4.55. The van der Waals surface area contributed by atoms with Crippen LogP contribution in [0.15, 0.2) is 24.3 Å². The largest absolute Gasteiger partial charge is 0.303 e. The molecule has 1 aromatic carbocycles. The van der Waals surface area contributed by atoms with Crippen molar-refractivity contribution >= 4 is 6.29 Å². The summed E-state index contributed by atoms with van der Waals surface area (Å²) >= 11 is 0. The Morgan fingerprint density at radius 3 is 2.37 bits per heavy atom. The monoisotopic (exact) mass is 258 g/mol. The van der Waals surface area contributed by atoms with E-state index in [9.17, 15) is 4.79 Å². The second kappa shape index (κ2) is 7.47. The van der Waals surface area contributed by atoms with Crippen LogP contribution in [0.25, 0.3) is 0 Å². The van der Waals surface area contributed by atoms with Gasteiger partial charge in [0.1, 0.15) is 6.29 Å². The summed E-state index contributed by atoms with van der Waals surface area (Å²) in [5.41, 5.74) is 2.79. The lowest BCUT2D eigenvalue weighted by molar-refractivity contribution is -0.107. The molecule has 0 atom stereocenters. The maximum atomic E-state index is 10.4. The average Bonchev–Trinajstić information content (AvgIpc) is 2.47. The molecular formula is C18H26O. The summed E-state index contributed by atoms with van der Waals surface area (Å²) in [7, 11) is 0. The Hall–Kier alpha value is -1.11. The van der Waals surface area contributed by atoms with Crippen LogP contribution in [0, 0.1) is 5.92 Å². The zero-order valence-corrected chi connectivity index (χ0v) is 12.1. The normalized spacial score (nSPS) is 23.2. The number of hydrogen-bond donors (Lipinski definition) is 0. The molecule has 1 aromatic rings. The standard InChI is InChI=1S/C18H26O/c1-2-4-15-6-10-17(11-7-15)18-12-8-16(9-13-18)5-3-14-19/h8-9,12-15,17H,2-7,10-11H2,1H3/t15-,17-. The van der Waals surface area contributed by atoms with Crippen LogP contribution in [0.3, 0.4) is 0 Å². The van der Waals surface area contributed by atoms with Gasteiger partial charge in [-0.05, 0) is 55.1 Å². The smallest absolute Gasteiger partial charge is 0.120 e. The summed E-state index contributed by atoms with van der Waals surface area (Å²) in [4.78, 5) is 10.4. The van der Waals surface area contributed by atoms with Crippen LogP contribution in [-0.4, -0.2) is 6.29 Å². The SMILES string of the molecule is CCC[C@H]1CC[C@H](c2ccc(CCC=O)cc2)CC1. The molecule has 1 nitrogen and oxygen atoms in total. The van der Waals surface area contributed by atoms with E-state index in [0.29, 0.717) is 6.42 Å². The molecule has 1 fully saturated rings. The lowest BCUT2D eigenvalue weighted by Gasteiger charge is -2.28. The van der Waals surface area contributed by atoms with Gasteiger partial charge in [0, 0.05) is 6.42 Å². The van der Waals surface area contributed by atoms with Gasteiger partial charge in [-0.25, -0.2) is 0 Å². The Bertz CT molecular complexity index is 371. The van der Waals surface area contributed by atoms with E-state index in [4.69, 9.17) is 0 Å². The quantitative estimate of drug-likeness (QED) is 0.664. The van der Waals surface area contributed by atoms with Crippen LogP contribution in [0.5, 0.6) is 0 Å². The summed E-state index contributed by atoms with van der Waals surface area (Å²) in [6, 6.07) is 8.98. The third-order valence-electron chi connectivity index (χ3n) is 4.55. The molecule has 0 aliphatic heterocycles. The molecule has 0 spiro atoms. The van der Waals surface area contributed by atoms with E-state index in [1.165, 1.54) is 49.7 Å². The Morgan fingerprint density at radius 1 is 1.11 bits per heavy atom. The highest BCUT2D eigenvalue weighted by atomic mass is 16.1. The lowest BCUT2D eigenvalue weighted by Crippen LogP contribution is -2.13. The van der Waals surface area contributed by atoms with Gasteiger partial charge < -0.3 is 4.79 Å². The lowest BCUT2D eigenvalue weighted by atomic mass is 9.77. The minimum absolute atomic E-state index is 0.640. The number of hydrogen-bond acceptors (Lipinski definition) is 1. The average molecular weight is 258 g/mol. The first-order valence-electron chi connectivity index (χ1n) is 7.86. The van der Waals surface area contributed by atoms with E-state index in [1.807, 2.05) is 0 Å². The number of aryl methyl sites for hydroxylation is 1. The molecule has 2 rings (SSSR count). The molecule has 0 unspecified atom stereocenters. The molecule has 104 valence electrons. The zero-order chi connectivity index (χ0) is 13.5. The Balaban J connectivity index is 1.87. The number of carbonyl (C=O) groups is 1. The van der Waals surface area contributed by atoms with Crippen LogP contribution < -0.4 is 0 Å². The minimum Gasteiger partial charge on any atom is -0.303 e. The van der Waals surface area contributed by atoms with Gasteiger partial charge in [-0.1, -0.05) is 44.0 Å². The molecule has 0 saturated heterocycles. The maximum Gasteiger partial charge on any atom is 0.120 e. The van der Waals surface area contributed by atoms with E-state index in [-0.39, 0.29) is 0 Å². The fourth-order valence-electron chi connectivity index (χ4n) is 3.37. The van der Waals surface area contributed by atoms with Crippen molar-refractivity contribution < 1.29 is 4.79 Å². The molecule has 0 bridgehead atoms. The summed E-state index contributed by atoms with van der Waals surface area (Å²) < 4.78 is 0. The van der Waals surface area contributed by atoms with Crippen LogP contribution >= 0.6 is 0 Å². The summed E-state index contributed by atoms with van der Waals surface area (Å²) in [5, 5.41) is 0. The molecule has 0 aromatic heterocycles. The minimum atomic E-state index is 0.640. The maximum absolute atomic E-state index is 10.4. The van der Waals surface area contributed by atoms with Gasteiger partial charge in [0.2, 0.25) is 0 Å². The summed E-state index contributed by atoms with van der Waals surface area (Å²) in [6.07, 6.45) is 10.8. The van der Waals surface area contributed by atoms with E-state index >= 15 is 0 Å². The van der Waals surface area contributed by atoms with Crippen LogP contribution in [0.4, 0.5) is 0 Å². The Kier molecular flexibility index (Phi) is 5.62. The highest BCUT2D eigenvalue weighted by Crippen LogP contribution is 2.37. The van der Waals surface area contributed by atoms with E-state index in [1.54, 1.807) is 0 Å². The van der Waals surface area contributed by atoms with Crippen molar-refractivity contribution in [2.24, 2.45) is 5.92 Å². The van der Waals surface area contributed by atoms with Gasteiger partial charge in [-0.2, -0.15) is 0 Å². The molecule has 0 radical (unpaired) electrons. The zero-order valence-electron chi connectivity index (χ0n) is 12.1. The topological polar surface area (TPSA) is 17.1 Å². The second-order valence-corrected chi connectivity index (χ2v) is 5.95. The van der Waals surface area contributed by atoms with E-state index in [0.717, 1.165) is 24.5 Å². The fourth-order valence-corrected chi connectivity index (χ4v) is 3.37. The van der Waals surface area contributed by atoms with Crippen molar-refractivity contribution in [3.05, 3.63) is 35.4 Å². The van der Waals surface area contributed by atoms with Gasteiger partial charge in [-0.3, -0.25) is 0 Å². The molecule has 0 heterocycles. The second-order valence-electron chi connectivity index (χ2n) is 5.95. The van der Waals surface area contributed by atoms with Crippen molar-refractivity contribution in [2.45, 2.75) is 64.2 Å². The Morgan fingerprint density at radius 2 is 1.79 bits per heavy atom. The molecular weight excluding hydrogens is 232 g/mol. The number of benzene rings is 1. The van der Waals surface area contributed by atoms with E-state index < -0.39 is 0 Å². The first-order chi connectivity index (χ1) is 9.33. The molecule has 1 heteroatoms. The summed E-state index contributed by atoms with van der Waals surface area (Å²) in [6.45, 7) is 2.30. The van der Waals surface area contributed by atoms with Gasteiger partial charge in [-0.15, -0.1) is 0 Å². The van der Waals surface area contributed by atoms with Crippen LogP contribution in [-0.2, 0) is 11.2 Å². The molecule has 19 heavy (non-hydrogen) atoms. The number of rotatable bonds is 6. The predicted octanol–water partition coefficient (Wildman–Crippen LogP) is 4.89. The van der Waals surface area contributed by atoms with Crippen LogP contribution in [0.2, 0.25) is 0 Å². The van der Waals surface area contributed by atoms with Crippen molar-refractivity contribution in [1.29, 1.82) is 0 Å². The Labute approximate surface area is 117 Å². The van der Waals surface area contributed by atoms with Crippen molar-refractivity contribution in [3.8, 4) is 0 Å².